The summed E-state index contributed by atoms with van der Waals surface area (Å²) in [6, 6.07) is 6.88. The molecule has 1 nitrogen and oxygen atoms in total. The lowest BCUT2D eigenvalue weighted by atomic mass is 9.84. The lowest BCUT2D eigenvalue weighted by Gasteiger charge is -2.24. The second kappa shape index (κ2) is 10.0. The first kappa shape index (κ1) is 17.5. The molecule has 1 N–H and O–H groups in total. The molecule has 1 aromatic carbocycles. The SMILES string of the molecule is CCCCCCCCCC(CC)c1cccc2c1CCN[CH]2. The molecule has 123 valence electrons. The highest BCUT2D eigenvalue weighted by Crippen LogP contribution is 2.32. The largest absolute Gasteiger partial charge is 0.308 e. The van der Waals surface area contributed by atoms with Gasteiger partial charge in [0.1, 0.15) is 0 Å². The minimum Gasteiger partial charge on any atom is -0.308 e. The van der Waals surface area contributed by atoms with Crippen molar-refractivity contribution in [3.8, 4) is 0 Å². The van der Waals surface area contributed by atoms with E-state index in [0.29, 0.717) is 0 Å². The van der Waals surface area contributed by atoms with Crippen molar-refractivity contribution >= 4 is 0 Å². The van der Waals surface area contributed by atoms with E-state index >= 15 is 0 Å². The van der Waals surface area contributed by atoms with Gasteiger partial charge in [0, 0.05) is 0 Å². The molecule has 1 heteroatoms. The minimum atomic E-state index is 0.761. The number of hydrogen-bond donors (Lipinski definition) is 1. The molecule has 0 bridgehead atoms. The Labute approximate surface area is 137 Å². The summed E-state index contributed by atoms with van der Waals surface area (Å²) in [5, 5.41) is 3.38. The molecule has 1 aliphatic heterocycles. The first-order valence-electron chi connectivity index (χ1n) is 9.55. The number of fused-ring (bicyclic) bond motifs is 1. The lowest BCUT2D eigenvalue weighted by Crippen LogP contribution is -2.23. The predicted molar refractivity (Wildman–Crippen MR) is 97.2 cm³/mol. The van der Waals surface area contributed by atoms with Crippen LogP contribution in [0.4, 0.5) is 0 Å². The molecule has 22 heavy (non-hydrogen) atoms. The minimum absolute atomic E-state index is 0.761. The Morgan fingerprint density at radius 3 is 2.55 bits per heavy atom. The fraction of sp³-hybridized carbons (Fsp3) is 0.667. The Morgan fingerprint density at radius 1 is 1.00 bits per heavy atom. The Balaban J connectivity index is 1.82. The van der Waals surface area contributed by atoms with E-state index in [1.165, 1.54) is 69.8 Å². The Kier molecular flexibility index (Phi) is 8.01. The second-order valence-corrected chi connectivity index (χ2v) is 6.78. The van der Waals surface area contributed by atoms with E-state index in [2.05, 4.69) is 43.9 Å². The Hall–Kier alpha value is -0.820. The van der Waals surface area contributed by atoms with Gasteiger partial charge in [-0.25, -0.2) is 0 Å². The second-order valence-electron chi connectivity index (χ2n) is 6.78. The van der Waals surface area contributed by atoms with Crippen molar-refractivity contribution in [2.24, 2.45) is 0 Å². The van der Waals surface area contributed by atoms with E-state index in [1.807, 2.05) is 0 Å². The zero-order chi connectivity index (χ0) is 15.6. The molecule has 2 rings (SSSR count). The smallest absolute Gasteiger partial charge is 0.0521 e. The first-order valence-corrected chi connectivity index (χ1v) is 9.55. The van der Waals surface area contributed by atoms with Crippen LogP contribution >= 0.6 is 0 Å². The van der Waals surface area contributed by atoms with E-state index in [9.17, 15) is 0 Å². The lowest BCUT2D eigenvalue weighted by molar-refractivity contribution is 0.522. The van der Waals surface area contributed by atoms with E-state index in [-0.39, 0.29) is 0 Å². The molecule has 1 radical (unpaired) electrons. The van der Waals surface area contributed by atoms with Crippen LogP contribution in [0.5, 0.6) is 0 Å². The van der Waals surface area contributed by atoms with Gasteiger partial charge in [0.2, 0.25) is 0 Å². The Morgan fingerprint density at radius 2 is 1.77 bits per heavy atom. The quantitative estimate of drug-likeness (QED) is 0.524. The van der Waals surface area contributed by atoms with Gasteiger partial charge in [0.05, 0.1) is 6.54 Å². The van der Waals surface area contributed by atoms with E-state index in [1.54, 1.807) is 11.1 Å². The number of nitrogens with one attached hydrogen (secondary N) is 1. The molecule has 0 fully saturated rings. The molecule has 0 spiro atoms. The molecule has 0 amide bonds. The van der Waals surface area contributed by atoms with Crippen molar-refractivity contribution < 1.29 is 0 Å². The van der Waals surface area contributed by atoms with Gasteiger partial charge < -0.3 is 5.32 Å². The molecule has 0 saturated carbocycles. The van der Waals surface area contributed by atoms with Crippen LogP contribution in [-0.4, -0.2) is 6.54 Å². The maximum Gasteiger partial charge on any atom is 0.0521 e. The standard InChI is InChI=1S/C21H34N/c1-3-5-6-7-8-9-10-12-18(4-2)20-14-11-13-19-17-22-16-15-21(19)20/h11,13-14,17-18,22H,3-10,12,15-16H2,1-2H3. The maximum absolute atomic E-state index is 3.38. The summed E-state index contributed by atoms with van der Waals surface area (Å²) in [5.74, 6) is 0.761. The average molecular weight is 301 g/mol. The van der Waals surface area contributed by atoms with Crippen LogP contribution in [0.1, 0.15) is 94.2 Å². The van der Waals surface area contributed by atoms with Crippen LogP contribution in [0.25, 0.3) is 0 Å². The van der Waals surface area contributed by atoms with Gasteiger partial charge in [0.15, 0.2) is 0 Å². The van der Waals surface area contributed by atoms with Crippen molar-refractivity contribution in [1.29, 1.82) is 0 Å². The van der Waals surface area contributed by atoms with Gasteiger partial charge in [-0.05, 0) is 48.4 Å². The summed E-state index contributed by atoms with van der Waals surface area (Å²) < 4.78 is 0. The van der Waals surface area contributed by atoms with Crippen LogP contribution in [-0.2, 0) is 6.42 Å². The monoisotopic (exact) mass is 300 g/mol. The topological polar surface area (TPSA) is 12.0 Å². The van der Waals surface area contributed by atoms with Gasteiger partial charge in [-0.1, -0.05) is 77.0 Å². The summed E-state index contributed by atoms with van der Waals surface area (Å²) in [4.78, 5) is 0. The van der Waals surface area contributed by atoms with Crippen molar-refractivity contribution in [2.75, 3.05) is 6.54 Å². The summed E-state index contributed by atoms with van der Waals surface area (Å²) >= 11 is 0. The zero-order valence-corrected chi connectivity index (χ0v) is 14.7. The fourth-order valence-electron chi connectivity index (χ4n) is 3.74. The van der Waals surface area contributed by atoms with E-state index in [4.69, 9.17) is 0 Å². The molecule has 0 aliphatic carbocycles. The van der Waals surface area contributed by atoms with Gasteiger partial charge in [-0.15, -0.1) is 0 Å². The van der Waals surface area contributed by atoms with Crippen molar-refractivity contribution in [3.63, 3.8) is 0 Å². The third kappa shape index (κ3) is 5.12. The van der Waals surface area contributed by atoms with Crippen molar-refractivity contribution in [3.05, 3.63) is 41.4 Å². The Bertz CT molecular complexity index is 424. The van der Waals surface area contributed by atoms with Crippen molar-refractivity contribution in [1.82, 2.24) is 5.32 Å². The van der Waals surface area contributed by atoms with E-state index < -0.39 is 0 Å². The summed E-state index contributed by atoms with van der Waals surface area (Å²) in [6.45, 7) is 7.94. The molecule has 1 atom stereocenters. The fourth-order valence-corrected chi connectivity index (χ4v) is 3.74. The molecular weight excluding hydrogens is 266 g/mol. The molecule has 0 saturated heterocycles. The van der Waals surface area contributed by atoms with Gasteiger partial charge >= 0.3 is 0 Å². The van der Waals surface area contributed by atoms with Crippen LogP contribution in [0.2, 0.25) is 0 Å². The highest BCUT2D eigenvalue weighted by Gasteiger charge is 2.18. The van der Waals surface area contributed by atoms with Crippen LogP contribution < -0.4 is 5.32 Å². The first-order chi connectivity index (χ1) is 10.9. The zero-order valence-electron chi connectivity index (χ0n) is 14.7. The maximum atomic E-state index is 3.38. The summed E-state index contributed by atoms with van der Waals surface area (Å²) in [6.07, 6.45) is 13.7. The predicted octanol–water partition coefficient (Wildman–Crippen LogP) is 5.98. The average Bonchev–Trinajstić information content (AvgIpc) is 2.57. The van der Waals surface area contributed by atoms with Crippen LogP contribution in [0.3, 0.4) is 0 Å². The molecule has 1 unspecified atom stereocenters. The highest BCUT2D eigenvalue weighted by atomic mass is 14.9. The number of hydrogen-bond acceptors (Lipinski definition) is 1. The molecule has 1 aliphatic rings. The molecule has 0 aromatic heterocycles. The molecular formula is C21H34N. The molecule has 1 heterocycles. The highest BCUT2D eigenvalue weighted by molar-refractivity contribution is 5.42. The third-order valence-corrected chi connectivity index (χ3v) is 5.11. The van der Waals surface area contributed by atoms with Crippen molar-refractivity contribution in [2.45, 2.75) is 84.0 Å². The number of benzene rings is 1. The third-order valence-electron chi connectivity index (χ3n) is 5.11. The van der Waals surface area contributed by atoms with Gasteiger partial charge in [-0.3, -0.25) is 0 Å². The normalized spacial score (nSPS) is 15.5. The summed E-state index contributed by atoms with van der Waals surface area (Å²) in [5.41, 5.74) is 4.65. The van der Waals surface area contributed by atoms with E-state index in [0.717, 1.165) is 12.5 Å². The van der Waals surface area contributed by atoms with Gasteiger partial charge in [-0.2, -0.15) is 0 Å². The number of rotatable bonds is 10. The van der Waals surface area contributed by atoms with Crippen LogP contribution in [0, 0.1) is 6.54 Å². The van der Waals surface area contributed by atoms with Gasteiger partial charge in [0.25, 0.3) is 0 Å². The summed E-state index contributed by atoms with van der Waals surface area (Å²) in [7, 11) is 0. The molecule has 1 aromatic rings. The number of unbranched alkanes of at least 4 members (excludes halogenated alkanes) is 6. The van der Waals surface area contributed by atoms with Crippen LogP contribution in [0.15, 0.2) is 18.2 Å².